The topological polar surface area (TPSA) is 127 Å². The van der Waals surface area contributed by atoms with Gasteiger partial charge in [-0.15, -0.1) is 0 Å². The van der Waals surface area contributed by atoms with Crippen molar-refractivity contribution < 1.29 is 12.9 Å². The van der Waals surface area contributed by atoms with Crippen molar-refractivity contribution in [2.45, 2.75) is 31.7 Å². The minimum atomic E-state index is -3.75. The van der Waals surface area contributed by atoms with Crippen LogP contribution in [-0.4, -0.2) is 33.7 Å². The molecule has 0 bridgehead atoms. The maximum Gasteiger partial charge on any atom is 0.245 e. The average Bonchev–Trinajstić information content (AvgIpc) is 3.23. The molecule has 9 nitrogen and oxygen atoms in total. The van der Waals surface area contributed by atoms with E-state index in [1.807, 2.05) is 20.8 Å². The van der Waals surface area contributed by atoms with Gasteiger partial charge in [0.1, 0.15) is 12.4 Å². The average molecular weight is 362 g/mol. The number of rotatable bonds is 5. The molecular weight excluding hydrogens is 344 g/mol. The summed E-state index contributed by atoms with van der Waals surface area (Å²) < 4.78 is 33.3. The van der Waals surface area contributed by atoms with Crippen molar-refractivity contribution in [3.63, 3.8) is 0 Å². The Bertz CT molecular complexity index is 929. The van der Waals surface area contributed by atoms with Gasteiger partial charge >= 0.3 is 0 Å². The van der Waals surface area contributed by atoms with Crippen LogP contribution in [0.15, 0.2) is 46.1 Å². The van der Waals surface area contributed by atoms with E-state index in [2.05, 4.69) is 30.0 Å². The van der Waals surface area contributed by atoms with Crippen LogP contribution >= 0.6 is 0 Å². The third-order valence-electron chi connectivity index (χ3n) is 3.51. The van der Waals surface area contributed by atoms with Crippen molar-refractivity contribution in [3.05, 3.63) is 42.5 Å². The van der Waals surface area contributed by atoms with E-state index in [0.717, 1.165) is 0 Å². The molecule has 2 N–H and O–H groups in total. The molecule has 10 heteroatoms. The van der Waals surface area contributed by atoms with E-state index in [0.29, 0.717) is 5.82 Å². The van der Waals surface area contributed by atoms with Gasteiger partial charge in [-0.2, -0.15) is 14.8 Å². The quantitative estimate of drug-likeness (QED) is 0.710. The molecule has 0 aliphatic carbocycles. The minimum absolute atomic E-state index is 0.151. The molecule has 2 aromatic heterocycles. The summed E-state index contributed by atoms with van der Waals surface area (Å²) in [6.07, 6.45) is 1.32. The molecule has 132 valence electrons. The van der Waals surface area contributed by atoms with Crippen LogP contribution in [0.25, 0.3) is 11.6 Å². The summed E-state index contributed by atoms with van der Waals surface area (Å²) >= 11 is 0. The highest BCUT2D eigenvalue weighted by molar-refractivity contribution is 7.89. The van der Waals surface area contributed by atoms with Gasteiger partial charge in [0.05, 0.1) is 4.90 Å². The van der Waals surface area contributed by atoms with E-state index in [1.165, 1.54) is 18.5 Å². The number of hydrogen-bond acceptors (Lipinski definition) is 7. The number of nitrogens with zero attached hydrogens (tertiary/aromatic N) is 4. The first-order valence-corrected chi connectivity index (χ1v) is 9.02. The number of aromatic amines is 1. The largest absolute Gasteiger partial charge is 0.337 e. The number of sulfonamides is 1. The van der Waals surface area contributed by atoms with Crippen LogP contribution in [0, 0.1) is 5.41 Å². The van der Waals surface area contributed by atoms with Crippen LogP contribution in [-0.2, 0) is 10.0 Å². The van der Waals surface area contributed by atoms with Crippen LogP contribution < -0.4 is 4.72 Å². The lowest BCUT2D eigenvalue weighted by atomic mass is 9.87. The summed E-state index contributed by atoms with van der Waals surface area (Å²) in [6.45, 7) is 5.64. The molecule has 2 heterocycles. The molecule has 0 amide bonds. The Hall–Kier alpha value is -2.59. The smallest absolute Gasteiger partial charge is 0.245 e. The Kier molecular flexibility index (Phi) is 4.39. The van der Waals surface area contributed by atoms with Gasteiger partial charge in [0.25, 0.3) is 0 Å². The molecule has 1 aromatic carbocycles. The molecular formula is C15H18N6O3S. The van der Waals surface area contributed by atoms with E-state index in [9.17, 15) is 8.42 Å². The lowest BCUT2D eigenvalue weighted by Crippen LogP contribution is -2.36. The van der Waals surface area contributed by atoms with E-state index >= 15 is 0 Å². The second-order valence-electron chi connectivity index (χ2n) is 6.52. The Morgan fingerprint density at radius 1 is 1.20 bits per heavy atom. The van der Waals surface area contributed by atoms with E-state index < -0.39 is 21.5 Å². The zero-order chi connectivity index (χ0) is 18.1. The first-order valence-electron chi connectivity index (χ1n) is 7.54. The van der Waals surface area contributed by atoms with E-state index in [4.69, 9.17) is 4.52 Å². The fourth-order valence-electron chi connectivity index (χ4n) is 2.18. The summed E-state index contributed by atoms with van der Waals surface area (Å²) in [6, 6.07) is 7.40. The molecule has 0 spiro atoms. The predicted octanol–water partition coefficient (Wildman–Crippen LogP) is 1.92. The summed E-state index contributed by atoms with van der Waals surface area (Å²) in [4.78, 5) is 8.38. The number of nitrogens with one attached hydrogen (secondary N) is 2. The maximum absolute atomic E-state index is 12.7. The van der Waals surface area contributed by atoms with Crippen LogP contribution in [0.3, 0.4) is 0 Å². The molecule has 0 saturated heterocycles. The van der Waals surface area contributed by atoms with Crippen molar-refractivity contribution in [1.82, 2.24) is 30.0 Å². The molecule has 0 radical (unpaired) electrons. The minimum Gasteiger partial charge on any atom is -0.337 e. The molecule has 3 rings (SSSR count). The number of hydrogen-bond donors (Lipinski definition) is 2. The fraction of sp³-hybridized carbons (Fsp3) is 0.333. The standard InChI is InChI=1S/C15H18N6O3S/c1-15(2,3)11(21-25(22,23)10-7-5-4-6-8-10)14-18-13(20-24-14)12-16-9-17-19-12/h4-9,11,21H,1-3H3,(H,16,17,19). The van der Waals surface area contributed by atoms with Gasteiger partial charge in [-0.3, -0.25) is 5.10 Å². The van der Waals surface area contributed by atoms with Crippen molar-refractivity contribution in [2.75, 3.05) is 0 Å². The second kappa shape index (κ2) is 6.37. The number of benzene rings is 1. The Morgan fingerprint density at radius 3 is 2.52 bits per heavy atom. The maximum atomic E-state index is 12.7. The molecule has 0 fully saturated rings. The van der Waals surface area contributed by atoms with Gasteiger partial charge in [-0.05, 0) is 17.5 Å². The first-order chi connectivity index (χ1) is 11.8. The number of aromatic nitrogens is 5. The third kappa shape index (κ3) is 3.74. The Labute approximate surface area is 144 Å². The molecule has 1 unspecified atom stereocenters. The molecule has 25 heavy (non-hydrogen) atoms. The van der Waals surface area contributed by atoms with E-state index in [1.54, 1.807) is 18.2 Å². The lowest BCUT2D eigenvalue weighted by molar-refractivity contribution is 0.236. The van der Waals surface area contributed by atoms with Gasteiger partial charge in [0.15, 0.2) is 5.82 Å². The van der Waals surface area contributed by atoms with Crippen LogP contribution in [0.2, 0.25) is 0 Å². The third-order valence-corrected chi connectivity index (χ3v) is 4.95. The molecule has 3 aromatic rings. The zero-order valence-electron chi connectivity index (χ0n) is 14.0. The molecule has 1 atom stereocenters. The summed E-state index contributed by atoms with van der Waals surface area (Å²) in [7, 11) is -3.75. The summed E-state index contributed by atoms with van der Waals surface area (Å²) in [5.74, 6) is 0.702. The normalized spacial score (nSPS) is 13.7. The van der Waals surface area contributed by atoms with Crippen molar-refractivity contribution in [1.29, 1.82) is 0 Å². The van der Waals surface area contributed by atoms with E-state index in [-0.39, 0.29) is 16.6 Å². The lowest BCUT2D eigenvalue weighted by Gasteiger charge is -2.28. The number of H-pyrrole nitrogens is 1. The van der Waals surface area contributed by atoms with Crippen molar-refractivity contribution in [2.24, 2.45) is 5.41 Å². The van der Waals surface area contributed by atoms with Crippen LogP contribution in [0.5, 0.6) is 0 Å². The highest BCUT2D eigenvalue weighted by Gasteiger charge is 2.35. The molecule has 0 saturated carbocycles. The summed E-state index contributed by atoms with van der Waals surface area (Å²) in [5, 5.41) is 10.2. The Morgan fingerprint density at radius 2 is 1.92 bits per heavy atom. The predicted molar refractivity (Wildman–Crippen MR) is 88.6 cm³/mol. The van der Waals surface area contributed by atoms with Crippen molar-refractivity contribution in [3.8, 4) is 11.6 Å². The Balaban J connectivity index is 1.94. The van der Waals surface area contributed by atoms with Gasteiger partial charge in [-0.25, -0.2) is 13.4 Å². The first kappa shape index (κ1) is 17.2. The SMILES string of the molecule is CC(C)(C)C(NS(=O)(=O)c1ccccc1)c1nc(-c2ncn[nH]2)no1. The monoisotopic (exact) mass is 362 g/mol. The van der Waals surface area contributed by atoms with Gasteiger partial charge in [0, 0.05) is 0 Å². The van der Waals surface area contributed by atoms with Gasteiger partial charge < -0.3 is 4.52 Å². The van der Waals surface area contributed by atoms with Crippen LogP contribution in [0.1, 0.15) is 32.7 Å². The highest BCUT2D eigenvalue weighted by Crippen LogP contribution is 2.33. The second-order valence-corrected chi connectivity index (χ2v) is 8.24. The molecule has 0 aliphatic rings. The fourth-order valence-corrected chi connectivity index (χ4v) is 3.60. The van der Waals surface area contributed by atoms with Gasteiger partial charge in [0.2, 0.25) is 21.7 Å². The molecule has 0 aliphatic heterocycles. The van der Waals surface area contributed by atoms with Gasteiger partial charge in [-0.1, -0.05) is 44.1 Å². The van der Waals surface area contributed by atoms with Crippen LogP contribution in [0.4, 0.5) is 0 Å². The summed E-state index contributed by atoms with van der Waals surface area (Å²) in [5.41, 5.74) is -0.507. The zero-order valence-corrected chi connectivity index (χ0v) is 14.8. The van der Waals surface area contributed by atoms with Crippen molar-refractivity contribution >= 4 is 10.0 Å². The highest BCUT2D eigenvalue weighted by atomic mass is 32.2.